The average Bonchev–Trinajstić information content (AvgIpc) is 2.42. The molecule has 0 aliphatic heterocycles. The number of hydrogen-bond acceptors (Lipinski definition) is 2. The van der Waals surface area contributed by atoms with Gasteiger partial charge in [0.1, 0.15) is 0 Å². The number of aliphatic hydroxyl groups excluding tert-OH is 1. The van der Waals surface area contributed by atoms with Crippen LogP contribution in [0.25, 0.3) is 0 Å². The van der Waals surface area contributed by atoms with Gasteiger partial charge in [-0.25, -0.2) is 0 Å². The fourth-order valence-corrected chi connectivity index (χ4v) is 2.17. The van der Waals surface area contributed by atoms with Crippen LogP contribution in [0.3, 0.4) is 0 Å². The maximum absolute atomic E-state index is 9.54. The number of nitrogens with zero attached hydrogens (tertiary/aromatic N) is 1. The molecule has 0 aliphatic rings. The Morgan fingerprint density at radius 1 is 0.947 bits per heavy atom. The first kappa shape index (κ1) is 13.6. The van der Waals surface area contributed by atoms with Gasteiger partial charge in [0.2, 0.25) is 0 Å². The predicted molar refractivity (Wildman–Crippen MR) is 80.9 cm³/mol. The van der Waals surface area contributed by atoms with Crippen molar-refractivity contribution in [2.75, 3.05) is 11.4 Å². The Bertz CT molecular complexity index is 514. The van der Waals surface area contributed by atoms with Gasteiger partial charge < -0.3 is 10.0 Å². The molecular weight excluding hydrogens is 234 g/mol. The highest BCUT2D eigenvalue weighted by atomic mass is 16.3. The van der Waals surface area contributed by atoms with Crippen LogP contribution in [0.2, 0.25) is 0 Å². The van der Waals surface area contributed by atoms with E-state index in [0.29, 0.717) is 0 Å². The lowest BCUT2D eigenvalue weighted by Gasteiger charge is -2.24. The highest BCUT2D eigenvalue weighted by Gasteiger charge is 2.07. The number of rotatable bonds is 4. The Kier molecular flexibility index (Phi) is 4.23. The molecule has 0 heterocycles. The number of aryl methyl sites for hydroxylation is 1. The van der Waals surface area contributed by atoms with Crippen molar-refractivity contribution in [1.29, 1.82) is 0 Å². The Morgan fingerprint density at radius 2 is 1.42 bits per heavy atom. The maximum Gasteiger partial charge on any atom is 0.0761 e. The van der Waals surface area contributed by atoms with Gasteiger partial charge in [-0.3, -0.25) is 0 Å². The normalized spacial score (nSPS) is 12.2. The second-order valence-electron chi connectivity index (χ2n) is 4.85. The monoisotopic (exact) mass is 255 g/mol. The minimum atomic E-state index is -0.413. The van der Waals surface area contributed by atoms with Crippen molar-refractivity contribution in [3.05, 3.63) is 59.7 Å². The smallest absolute Gasteiger partial charge is 0.0761 e. The van der Waals surface area contributed by atoms with Crippen molar-refractivity contribution >= 4 is 11.4 Å². The van der Waals surface area contributed by atoms with E-state index < -0.39 is 6.10 Å². The van der Waals surface area contributed by atoms with E-state index in [-0.39, 0.29) is 0 Å². The van der Waals surface area contributed by atoms with E-state index in [2.05, 4.69) is 55.1 Å². The summed E-state index contributed by atoms with van der Waals surface area (Å²) >= 11 is 0. The van der Waals surface area contributed by atoms with Crippen molar-refractivity contribution in [3.63, 3.8) is 0 Å². The number of benzene rings is 2. The molecule has 0 radical (unpaired) electrons. The summed E-state index contributed by atoms with van der Waals surface area (Å²) in [5.74, 6) is 0. The molecule has 0 saturated heterocycles. The van der Waals surface area contributed by atoms with Crippen molar-refractivity contribution in [2.24, 2.45) is 0 Å². The first-order chi connectivity index (χ1) is 9.11. The van der Waals surface area contributed by atoms with E-state index in [1.165, 1.54) is 11.3 Å². The van der Waals surface area contributed by atoms with E-state index >= 15 is 0 Å². The third-order valence-corrected chi connectivity index (χ3v) is 3.35. The lowest BCUT2D eigenvalue weighted by atomic mass is 10.1. The molecule has 2 nitrogen and oxygen atoms in total. The Balaban J connectivity index is 2.28. The van der Waals surface area contributed by atoms with Crippen LogP contribution in [0.1, 0.15) is 31.1 Å². The predicted octanol–water partition coefficient (Wildman–Crippen LogP) is 4.21. The third kappa shape index (κ3) is 3.15. The highest BCUT2D eigenvalue weighted by Crippen LogP contribution is 2.26. The van der Waals surface area contributed by atoms with Gasteiger partial charge in [-0.15, -0.1) is 0 Å². The standard InChI is InChI=1S/C17H21NO/c1-4-18(16-9-5-13(2)6-10-16)17-11-7-15(8-12-17)14(3)19/h5-12,14,19H,4H2,1-3H3/t14-/m1/s1. The summed E-state index contributed by atoms with van der Waals surface area (Å²) in [5.41, 5.74) is 4.56. The molecule has 2 rings (SSSR count). The summed E-state index contributed by atoms with van der Waals surface area (Å²) in [5, 5.41) is 9.54. The van der Waals surface area contributed by atoms with Crippen LogP contribution in [0.4, 0.5) is 11.4 Å². The first-order valence-electron chi connectivity index (χ1n) is 6.74. The molecule has 0 amide bonds. The molecule has 0 aliphatic carbocycles. The average molecular weight is 255 g/mol. The number of anilines is 2. The van der Waals surface area contributed by atoms with Crippen LogP contribution in [-0.2, 0) is 0 Å². The Hall–Kier alpha value is -1.80. The Morgan fingerprint density at radius 3 is 1.84 bits per heavy atom. The number of aliphatic hydroxyl groups is 1. The zero-order chi connectivity index (χ0) is 13.8. The molecule has 0 fully saturated rings. The van der Waals surface area contributed by atoms with Gasteiger partial charge in [0, 0.05) is 17.9 Å². The van der Waals surface area contributed by atoms with E-state index in [4.69, 9.17) is 0 Å². The highest BCUT2D eigenvalue weighted by molar-refractivity contribution is 5.63. The molecule has 0 unspecified atom stereocenters. The van der Waals surface area contributed by atoms with Crippen LogP contribution in [0.15, 0.2) is 48.5 Å². The summed E-state index contributed by atoms with van der Waals surface area (Å²) in [6.45, 7) is 6.93. The summed E-state index contributed by atoms with van der Waals surface area (Å²) in [6, 6.07) is 16.6. The van der Waals surface area contributed by atoms with Crippen LogP contribution >= 0.6 is 0 Å². The van der Waals surface area contributed by atoms with Gasteiger partial charge in [0.25, 0.3) is 0 Å². The minimum absolute atomic E-state index is 0.413. The van der Waals surface area contributed by atoms with Gasteiger partial charge in [0.15, 0.2) is 0 Å². The van der Waals surface area contributed by atoms with Crippen LogP contribution in [0.5, 0.6) is 0 Å². The second kappa shape index (κ2) is 5.89. The summed E-state index contributed by atoms with van der Waals surface area (Å²) < 4.78 is 0. The molecule has 2 aromatic rings. The summed E-state index contributed by atoms with van der Waals surface area (Å²) in [7, 11) is 0. The van der Waals surface area contributed by atoms with E-state index in [9.17, 15) is 5.11 Å². The van der Waals surface area contributed by atoms with Gasteiger partial charge in [-0.05, 0) is 50.6 Å². The second-order valence-corrected chi connectivity index (χ2v) is 4.85. The molecule has 100 valence electrons. The largest absolute Gasteiger partial charge is 0.389 e. The molecule has 1 N–H and O–H groups in total. The molecule has 19 heavy (non-hydrogen) atoms. The summed E-state index contributed by atoms with van der Waals surface area (Å²) in [6.07, 6.45) is -0.413. The topological polar surface area (TPSA) is 23.5 Å². The molecule has 0 aromatic heterocycles. The quantitative estimate of drug-likeness (QED) is 0.884. The van der Waals surface area contributed by atoms with Crippen molar-refractivity contribution in [3.8, 4) is 0 Å². The van der Waals surface area contributed by atoms with E-state index in [1.54, 1.807) is 6.92 Å². The fourth-order valence-electron chi connectivity index (χ4n) is 2.17. The lowest BCUT2D eigenvalue weighted by Crippen LogP contribution is -2.15. The van der Waals surface area contributed by atoms with Gasteiger partial charge in [0.05, 0.1) is 6.10 Å². The molecule has 0 spiro atoms. The van der Waals surface area contributed by atoms with E-state index in [0.717, 1.165) is 17.8 Å². The molecule has 2 heteroatoms. The maximum atomic E-state index is 9.54. The molecule has 0 bridgehead atoms. The van der Waals surface area contributed by atoms with Crippen molar-refractivity contribution < 1.29 is 5.11 Å². The van der Waals surface area contributed by atoms with Crippen LogP contribution < -0.4 is 4.90 Å². The van der Waals surface area contributed by atoms with Crippen molar-refractivity contribution in [1.82, 2.24) is 0 Å². The minimum Gasteiger partial charge on any atom is -0.389 e. The molecule has 0 saturated carbocycles. The zero-order valence-electron chi connectivity index (χ0n) is 11.8. The molecule has 2 aromatic carbocycles. The number of hydrogen-bond donors (Lipinski definition) is 1. The zero-order valence-corrected chi connectivity index (χ0v) is 11.8. The van der Waals surface area contributed by atoms with Crippen LogP contribution in [0, 0.1) is 6.92 Å². The van der Waals surface area contributed by atoms with Crippen LogP contribution in [-0.4, -0.2) is 11.7 Å². The van der Waals surface area contributed by atoms with E-state index in [1.807, 2.05) is 12.1 Å². The lowest BCUT2D eigenvalue weighted by molar-refractivity contribution is 0.199. The van der Waals surface area contributed by atoms with Gasteiger partial charge in [-0.1, -0.05) is 29.8 Å². The molecular formula is C17H21NO. The Labute approximate surface area is 115 Å². The third-order valence-electron chi connectivity index (χ3n) is 3.35. The fraction of sp³-hybridized carbons (Fsp3) is 0.294. The van der Waals surface area contributed by atoms with Gasteiger partial charge in [-0.2, -0.15) is 0 Å². The summed E-state index contributed by atoms with van der Waals surface area (Å²) in [4.78, 5) is 2.26. The first-order valence-corrected chi connectivity index (χ1v) is 6.74. The van der Waals surface area contributed by atoms with Gasteiger partial charge >= 0.3 is 0 Å². The molecule has 1 atom stereocenters. The van der Waals surface area contributed by atoms with Crippen molar-refractivity contribution in [2.45, 2.75) is 26.9 Å². The SMILES string of the molecule is CCN(c1ccc(C)cc1)c1ccc([C@@H](C)O)cc1.